The highest BCUT2D eigenvalue weighted by atomic mass is 15.2. The van der Waals surface area contributed by atoms with E-state index in [1.54, 1.807) is 0 Å². The van der Waals surface area contributed by atoms with E-state index in [1.165, 1.54) is 0 Å². The molecule has 4 heteroatoms. The number of aryl methyl sites for hydroxylation is 1. The molecule has 17 heavy (non-hydrogen) atoms. The Morgan fingerprint density at radius 3 is 2.59 bits per heavy atom. The van der Waals surface area contributed by atoms with Crippen LogP contribution in [0.4, 0.5) is 11.6 Å². The second-order valence-corrected chi connectivity index (χ2v) is 4.80. The van der Waals surface area contributed by atoms with Crippen molar-refractivity contribution in [2.75, 3.05) is 30.9 Å². The van der Waals surface area contributed by atoms with E-state index in [9.17, 15) is 0 Å². The van der Waals surface area contributed by atoms with Gasteiger partial charge in [-0.1, -0.05) is 20.8 Å². The summed E-state index contributed by atoms with van der Waals surface area (Å²) in [4.78, 5) is 11.2. The molecule has 0 fully saturated rings. The Morgan fingerprint density at radius 1 is 1.35 bits per heavy atom. The number of nitrogens with one attached hydrogen (secondary N) is 1. The minimum Gasteiger partial charge on any atom is -0.373 e. The first-order valence-corrected chi connectivity index (χ1v) is 6.33. The van der Waals surface area contributed by atoms with Crippen molar-refractivity contribution in [1.29, 1.82) is 0 Å². The quantitative estimate of drug-likeness (QED) is 0.824. The fourth-order valence-electron chi connectivity index (χ4n) is 1.78. The van der Waals surface area contributed by atoms with Crippen molar-refractivity contribution in [1.82, 2.24) is 9.97 Å². The molecule has 0 atom stereocenters. The predicted octanol–water partition coefficient (Wildman–Crippen LogP) is 2.56. The second-order valence-electron chi connectivity index (χ2n) is 4.80. The van der Waals surface area contributed by atoms with Gasteiger partial charge in [0.1, 0.15) is 17.5 Å². The highest BCUT2D eigenvalue weighted by Crippen LogP contribution is 2.16. The molecule has 0 saturated heterocycles. The average molecular weight is 236 g/mol. The van der Waals surface area contributed by atoms with Crippen molar-refractivity contribution in [2.45, 2.75) is 33.6 Å². The summed E-state index contributed by atoms with van der Waals surface area (Å²) in [5, 5.41) is 3.10. The third-order valence-electron chi connectivity index (χ3n) is 2.52. The van der Waals surface area contributed by atoms with Gasteiger partial charge < -0.3 is 10.2 Å². The van der Waals surface area contributed by atoms with E-state index in [0.717, 1.165) is 36.8 Å². The Kier molecular flexibility index (Phi) is 5.19. The second kappa shape index (κ2) is 6.42. The molecule has 0 aliphatic rings. The van der Waals surface area contributed by atoms with Crippen LogP contribution in [-0.2, 0) is 6.42 Å². The van der Waals surface area contributed by atoms with E-state index in [0.29, 0.717) is 5.92 Å². The van der Waals surface area contributed by atoms with Gasteiger partial charge in [-0.3, -0.25) is 0 Å². The van der Waals surface area contributed by atoms with Crippen LogP contribution >= 0.6 is 0 Å². The van der Waals surface area contributed by atoms with Gasteiger partial charge in [0, 0.05) is 33.1 Å². The molecule has 0 spiro atoms. The van der Waals surface area contributed by atoms with Gasteiger partial charge in [-0.15, -0.1) is 0 Å². The van der Waals surface area contributed by atoms with Crippen molar-refractivity contribution < 1.29 is 0 Å². The van der Waals surface area contributed by atoms with Crippen LogP contribution in [0.5, 0.6) is 0 Å². The summed E-state index contributed by atoms with van der Waals surface area (Å²) in [5.74, 6) is 3.45. The highest BCUT2D eigenvalue weighted by Gasteiger charge is 2.08. The number of hydrogen-bond acceptors (Lipinski definition) is 4. The third-order valence-corrected chi connectivity index (χ3v) is 2.52. The van der Waals surface area contributed by atoms with Gasteiger partial charge in [0.05, 0.1) is 0 Å². The molecular weight excluding hydrogens is 212 g/mol. The van der Waals surface area contributed by atoms with Crippen LogP contribution in [-0.4, -0.2) is 30.6 Å². The van der Waals surface area contributed by atoms with Crippen molar-refractivity contribution in [2.24, 2.45) is 5.92 Å². The van der Waals surface area contributed by atoms with Crippen LogP contribution in [0.2, 0.25) is 0 Å². The Labute approximate surface area is 104 Å². The smallest absolute Gasteiger partial charge is 0.134 e. The van der Waals surface area contributed by atoms with E-state index in [-0.39, 0.29) is 0 Å². The fourth-order valence-corrected chi connectivity index (χ4v) is 1.78. The van der Waals surface area contributed by atoms with Gasteiger partial charge in [-0.25, -0.2) is 9.97 Å². The van der Waals surface area contributed by atoms with E-state index in [2.05, 4.69) is 48.0 Å². The van der Waals surface area contributed by atoms with Crippen molar-refractivity contribution >= 4 is 11.6 Å². The fraction of sp³-hybridized carbons (Fsp3) is 0.692. The minimum atomic E-state index is 0.627. The van der Waals surface area contributed by atoms with E-state index in [1.807, 2.05) is 13.1 Å². The molecule has 96 valence electrons. The molecule has 0 bridgehead atoms. The van der Waals surface area contributed by atoms with Crippen LogP contribution in [0.3, 0.4) is 0 Å². The van der Waals surface area contributed by atoms with Crippen LogP contribution in [0.15, 0.2) is 6.07 Å². The number of anilines is 2. The summed E-state index contributed by atoms with van der Waals surface area (Å²) in [6.45, 7) is 7.58. The monoisotopic (exact) mass is 236 g/mol. The summed E-state index contributed by atoms with van der Waals surface area (Å²) in [6.07, 6.45) is 2.00. The van der Waals surface area contributed by atoms with Crippen LogP contribution in [0.1, 0.15) is 33.0 Å². The van der Waals surface area contributed by atoms with Gasteiger partial charge in [-0.2, -0.15) is 0 Å². The maximum atomic E-state index is 4.60. The zero-order valence-corrected chi connectivity index (χ0v) is 11.6. The lowest BCUT2D eigenvalue weighted by Gasteiger charge is -2.21. The largest absolute Gasteiger partial charge is 0.373 e. The topological polar surface area (TPSA) is 41.1 Å². The molecule has 0 aromatic carbocycles. The Balaban J connectivity index is 2.93. The first-order chi connectivity index (χ1) is 8.06. The molecular formula is C13H24N4. The van der Waals surface area contributed by atoms with E-state index in [4.69, 9.17) is 0 Å². The summed E-state index contributed by atoms with van der Waals surface area (Å²) < 4.78 is 0. The maximum absolute atomic E-state index is 4.60. The highest BCUT2D eigenvalue weighted by molar-refractivity contribution is 5.48. The lowest BCUT2D eigenvalue weighted by atomic mass is 10.2. The van der Waals surface area contributed by atoms with Crippen molar-refractivity contribution in [3.63, 3.8) is 0 Å². The molecule has 0 amide bonds. The lowest BCUT2D eigenvalue weighted by Crippen LogP contribution is -2.24. The van der Waals surface area contributed by atoms with E-state index >= 15 is 0 Å². The zero-order chi connectivity index (χ0) is 12.8. The molecule has 1 rings (SSSR count). The standard InChI is InChI=1S/C13H24N4/c1-6-7-11-15-12(14-4)8-13(16-11)17(5)9-10(2)3/h8,10H,6-7,9H2,1-5H3,(H,14,15,16). The average Bonchev–Trinajstić information content (AvgIpc) is 2.28. The van der Waals surface area contributed by atoms with Crippen LogP contribution in [0.25, 0.3) is 0 Å². The third kappa shape index (κ3) is 4.21. The molecule has 0 aliphatic heterocycles. The number of aromatic nitrogens is 2. The summed E-state index contributed by atoms with van der Waals surface area (Å²) in [6, 6.07) is 2.00. The van der Waals surface area contributed by atoms with Gasteiger partial charge in [0.15, 0.2) is 0 Å². The molecule has 1 N–H and O–H groups in total. The first kappa shape index (κ1) is 13.7. The summed E-state index contributed by atoms with van der Waals surface area (Å²) in [7, 11) is 3.97. The van der Waals surface area contributed by atoms with Crippen LogP contribution < -0.4 is 10.2 Å². The molecule has 1 heterocycles. The molecule has 0 unspecified atom stereocenters. The molecule has 1 aromatic rings. The van der Waals surface area contributed by atoms with Gasteiger partial charge in [0.25, 0.3) is 0 Å². The van der Waals surface area contributed by atoms with E-state index < -0.39 is 0 Å². The van der Waals surface area contributed by atoms with Crippen molar-refractivity contribution in [3.8, 4) is 0 Å². The summed E-state index contributed by atoms with van der Waals surface area (Å²) >= 11 is 0. The van der Waals surface area contributed by atoms with Crippen molar-refractivity contribution in [3.05, 3.63) is 11.9 Å². The molecule has 0 aliphatic carbocycles. The number of nitrogens with zero attached hydrogens (tertiary/aromatic N) is 3. The van der Waals surface area contributed by atoms with Crippen LogP contribution in [0, 0.1) is 5.92 Å². The first-order valence-electron chi connectivity index (χ1n) is 6.33. The Morgan fingerprint density at radius 2 is 2.06 bits per heavy atom. The maximum Gasteiger partial charge on any atom is 0.134 e. The molecule has 0 radical (unpaired) electrons. The van der Waals surface area contributed by atoms with Gasteiger partial charge in [0.2, 0.25) is 0 Å². The molecule has 1 aromatic heterocycles. The lowest BCUT2D eigenvalue weighted by molar-refractivity contribution is 0.632. The number of hydrogen-bond donors (Lipinski definition) is 1. The minimum absolute atomic E-state index is 0.627. The SMILES string of the molecule is CCCc1nc(NC)cc(N(C)CC(C)C)n1. The van der Waals surface area contributed by atoms with Gasteiger partial charge in [-0.05, 0) is 12.3 Å². The van der Waals surface area contributed by atoms with Gasteiger partial charge >= 0.3 is 0 Å². The Hall–Kier alpha value is -1.32. The predicted molar refractivity (Wildman–Crippen MR) is 73.7 cm³/mol. The Bertz CT molecular complexity index is 349. The normalized spacial score (nSPS) is 10.7. The zero-order valence-electron chi connectivity index (χ0n) is 11.6. The summed E-state index contributed by atoms with van der Waals surface area (Å²) in [5.41, 5.74) is 0. The molecule has 4 nitrogen and oxygen atoms in total. The molecule has 0 saturated carbocycles. The number of rotatable bonds is 6.